The van der Waals surface area contributed by atoms with Crippen LogP contribution in [0.4, 0.5) is 10.5 Å². The highest BCUT2D eigenvalue weighted by Gasteiger charge is 2.41. The molecule has 2 aliphatic heterocycles. The maximum atomic E-state index is 13.8. The number of pyridine rings is 1. The largest absolute Gasteiger partial charge is 0.469 e. The smallest absolute Gasteiger partial charge is 0.327 e. The Hall–Kier alpha value is -3.38. The van der Waals surface area contributed by atoms with Gasteiger partial charge in [-0.05, 0) is 42.0 Å². The summed E-state index contributed by atoms with van der Waals surface area (Å²) < 4.78 is 34.7. The van der Waals surface area contributed by atoms with E-state index in [-0.39, 0.29) is 68.9 Å². The van der Waals surface area contributed by atoms with Crippen molar-refractivity contribution < 1.29 is 27.5 Å². The number of amides is 3. The van der Waals surface area contributed by atoms with E-state index in [0.29, 0.717) is 5.56 Å². The van der Waals surface area contributed by atoms with Crippen LogP contribution >= 0.6 is 34.8 Å². The van der Waals surface area contributed by atoms with E-state index in [2.05, 4.69) is 4.98 Å². The lowest BCUT2D eigenvalue weighted by Gasteiger charge is -2.36. The van der Waals surface area contributed by atoms with Crippen LogP contribution in [-0.4, -0.2) is 73.7 Å². The van der Waals surface area contributed by atoms with Crippen LogP contribution in [-0.2, 0) is 21.2 Å². The molecule has 1 fully saturated rings. The van der Waals surface area contributed by atoms with Crippen LogP contribution in [0.15, 0.2) is 59.6 Å². The Labute approximate surface area is 245 Å². The Bertz CT molecular complexity index is 1630. The molecule has 0 radical (unpaired) electrons. The number of nitrogens with zero attached hydrogens (tertiary/aromatic N) is 4. The Morgan fingerprint density at radius 3 is 2.42 bits per heavy atom. The van der Waals surface area contributed by atoms with Gasteiger partial charge < -0.3 is 9.64 Å². The molecule has 2 aromatic carbocycles. The Balaban J connectivity index is 1.51. The van der Waals surface area contributed by atoms with Gasteiger partial charge in [-0.15, -0.1) is 0 Å². The fourth-order valence-electron chi connectivity index (χ4n) is 4.49. The fourth-order valence-corrected chi connectivity index (χ4v) is 6.89. The molecule has 1 aromatic heterocycles. The number of sulfonamides is 1. The van der Waals surface area contributed by atoms with Gasteiger partial charge >= 0.3 is 6.03 Å². The van der Waals surface area contributed by atoms with Gasteiger partial charge in [-0.2, -0.15) is 0 Å². The van der Waals surface area contributed by atoms with Crippen molar-refractivity contribution in [1.82, 2.24) is 14.8 Å². The fraction of sp³-hybridized carbons (Fsp3) is 0.231. The number of halogens is 3. The van der Waals surface area contributed by atoms with Crippen LogP contribution in [0, 0.1) is 0 Å². The molecular weight excluding hydrogens is 603 g/mol. The summed E-state index contributed by atoms with van der Waals surface area (Å²) in [5.41, 5.74) is 0.621. The highest BCUT2D eigenvalue weighted by Crippen LogP contribution is 2.37. The molecule has 3 heterocycles. The second-order valence-corrected chi connectivity index (χ2v) is 12.4. The lowest BCUT2D eigenvalue weighted by Crippen LogP contribution is -2.50. The molecule has 0 bridgehead atoms. The van der Waals surface area contributed by atoms with E-state index >= 15 is 0 Å². The first-order valence-corrected chi connectivity index (χ1v) is 14.5. The maximum Gasteiger partial charge on any atom is 0.327 e. The average Bonchev–Trinajstić information content (AvgIpc) is 3.14. The Morgan fingerprint density at radius 1 is 1.07 bits per heavy atom. The first-order valence-electron chi connectivity index (χ1n) is 11.9. The molecule has 5 rings (SSSR count). The highest BCUT2D eigenvalue weighted by atomic mass is 35.5. The van der Waals surface area contributed by atoms with E-state index in [4.69, 9.17) is 39.5 Å². The minimum atomic E-state index is -4.21. The molecule has 0 spiro atoms. The van der Waals surface area contributed by atoms with Gasteiger partial charge in [0.1, 0.15) is 18.3 Å². The Morgan fingerprint density at radius 2 is 1.77 bits per heavy atom. The number of anilines is 1. The minimum Gasteiger partial charge on any atom is -0.469 e. The normalized spacial score (nSPS) is 17.2. The van der Waals surface area contributed by atoms with Crippen LogP contribution in [0.25, 0.3) is 0 Å². The number of hydrogen-bond acceptors (Lipinski definition) is 7. The molecular formula is C26H21Cl3N4O6S. The molecule has 3 amide bonds. The summed E-state index contributed by atoms with van der Waals surface area (Å²) in [6.07, 6.45) is 0.303. The van der Waals surface area contributed by atoms with Gasteiger partial charge in [0, 0.05) is 24.7 Å². The van der Waals surface area contributed by atoms with E-state index in [0.717, 1.165) is 9.21 Å². The number of urea groups is 1. The first-order chi connectivity index (χ1) is 19.0. The molecule has 40 heavy (non-hydrogen) atoms. The average molecular weight is 624 g/mol. The summed E-state index contributed by atoms with van der Waals surface area (Å²) in [5, 5.41) is 0.601. The topological polar surface area (TPSA) is 117 Å². The predicted octanol–water partition coefficient (Wildman–Crippen LogP) is 4.32. The third kappa shape index (κ3) is 5.34. The third-order valence-electron chi connectivity index (χ3n) is 6.41. The van der Waals surface area contributed by atoms with Crippen molar-refractivity contribution in [2.45, 2.75) is 17.4 Å². The van der Waals surface area contributed by atoms with Crippen molar-refractivity contribution >= 4 is 68.2 Å². The first kappa shape index (κ1) is 28.2. The van der Waals surface area contributed by atoms with Gasteiger partial charge in [0.05, 0.1) is 33.6 Å². The lowest BCUT2D eigenvalue weighted by atomic mass is 10.0. The van der Waals surface area contributed by atoms with E-state index < -0.39 is 28.1 Å². The molecule has 1 saturated heterocycles. The highest BCUT2D eigenvalue weighted by molar-refractivity contribution is 7.92. The molecule has 14 heteroatoms. The number of Topliss-reactive ketones (excluding diaryl/α,β-unsaturated/α-hetero) is 1. The van der Waals surface area contributed by atoms with Crippen molar-refractivity contribution in [2.24, 2.45) is 0 Å². The van der Waals surface area contributed by atoms with Crippen LogP contribution in [0.5, 0.6) is 5.88 Å². The number of benzene rings is 2. The van der Waals surface area contributed by atoms with E-state index in [1.165, 1.54) is 42.4 Å². The summed E-state index contributed by atoms with van der Waals surface area (Å²) in [4.78, 5) is 44.3. The van der Waals surface area contributed by atoms with Crippen LogP contribution in [0.1, 0.15) is 15.9 Å². The molecule has 1 atom stereocenters. The number of likely N-dealkylation sites (N-methyl/N-ethyl adjacent to an activating group) is 1. The van der Waals surface area contributed by atoms with Gasteiger partial charge in [-0.1, -0.05) is 46.9 Å². The lowest BCUT2D eigenvalue weighted by molar-refractivity contribution is -0.126. The number of carbonyl (C=O) groups excluding carboxylic acids is 3. The maximum absolute atomic E-state index is 13.8. The number of hydrogen-bond donors (Lipinski definition) is 0. The van der Waals surface area contributed by atoms with E-state index in [1.54, 1.807) is 24.3 Å². The molecule has 2 aliphatic rings. The summed E-state index contributed by atoms with van der Waals surface area (Å²) in [6, 6.07) is 11.5. The summed E-state index contributed by atoms with van der Waals surface area (Å²) >= 11 is 18.5. The molecule has 0 N–H and O–H groups in total. The Kier molecular flexibility index (Phi) is 7.66. The standard InChI is InChI=1S/C26H21Cl3N4O6S/c1-31-14-23(35)32(26(31)36)12-17-13-33(40(37,38)18-5-2-4-16(27)10-18)21-8-15(11-30-25(21)39-17)9-22(34)24-19(28)6-3-7-20(24)29/h2-8,10-11,17H,9,12-14H2,1H3/t17-/m0/s1. The van der Waals surface area contributed by atoms with Gasteiger partial charge in [0.2, 0.25) is 11.8 Å². The summed E-state index contributed by atoms with van der Waals surface area (Å²) in [6.45, 7) is -0.508. The number of ether oxygens (including phenoxy) is 1. The number of fused-ring (bicyclic) bond motifs is 1. The third-order valence-corrected chi connectivity index (χ3v) is 9.05. The quantitative estimate of drug-likeness (QED) is 0.284. The van der Waals surface area contributed by atoms with Gasteiger partial charge in [-0.3, -0.25) is 18.8 Å². The molecule has 0 unspecified atom stereocenters. The molecule has 3 aromatic rings. The molecule has 208 valence electrons. The van der Waals surface area contributed by atoms with Crippen molar-refractivity contribution in [3.05, 3.63) is 80.9 Å². The van der Waals surface area contributed by atoms with Crippen molar-refractivity contribution in [2.75, 3.05) is 31.0 Å². The second-order valence-electron chi connectivity index (χ2n) is 9.24. The summed E-state index contributed by atoms with van der Waals surface area (Å²) in [7, 11) is -2.72. The number of rotatable bonds is 7. The molecule has 0 saturated carbocycles. The number of ketones is 1. The predicted molar refractivity (Wildman–Crippen MR) is 149 cm³/mol. The van der Waals surface area contributed by atoms with Gasteiger partial charge in [0.25, 0.3) is 10.0 Å². The van der Waals surface area contributed by atoms with E-state index in [9.17, 15) is 22.8 Å². The van der Waals surface area contributed by atoms with Crippen LogP contribution < -0.4 is 9.04 Å². The van der Waals surface area contributed by atoms with Crippen molar-refractivity contribution in [3.63, 3.8) is 0 Å². The zero-order chi connectivity index (χ0) is 28.8. The number of carbonyl (C=O) groups is 3. The second kappa shape index (κ2) is 10.9. The van der Waals surface area contributed by atoms with Gasteiger partial charge in [0.15, 0.2) is 5.78 Å². The van der Waals surface area contributed by atoms with E-state index in [1.807, 2.05) is 0 Å². The van der Waals surface area contributed by atoms with Crippen LogP contribution in [0.3, 0.4) is 0 Å². The van der Waals surface area contributed by atoms with Gasteiger partial charge in [-0.25, -0.2) is 18.2 Å². The monoisotopic (exact) mass is 622 g/mol. The number of imide groups is 1. The number of aromatic nitrogens is 1. The van der Waals surface area contributed by atoms with Crippen LogP contribution in [0.2, 0.25) is 15.1 Å². The molecule has 0 aliphatic carbocycles. The minimum absolute atomic E-state index is 0.0405. The zero-order valence-corrected chi connectivity index (χ0v) is 24.0. The molecule has 10 nitrogen and oxygen atoms in total. The van der Waals surface area contributed by atoms with Crippen molar-refractivity contribution in [3.8, 4) is 5.88 Å². The zero-order valence-electron chi connectivity index (χ0n) is 20.9. The summed E-state index contributed by atoms with van der Waals surface area (Å²) in [5.74, 6) is -0.848. The van der Waals surface area contributed by atoms with Crippen molar-refractivity contribution in [1.29, 1.82) is 0 Å². The SMILES string of the molecule is CN1CC(=O)N(C[C@H]2CN(S(=O)(=O)c3cccc(Cl)c3)c3cc(CC(=O)c4c(Cl)cccc4Cl)cnc3O2)C1=O.